The van der Waals surface area contributed by atoms with E-state index in [2.05, 4.69) is 20.0 Å². The van der Waals surface area contributed by atoms with Gasteiger partial charge in [0, 0.05) is 44.0 Å². The molecule has 1 fully saturated rings. The third-order valence-corrected chi connectivity index (χ3v) is 4.65. The lowest BCUT2D eigenvalue weighted by Gasteiger charge is -2.26. The van der Waals surface area contributed by atoms with Gasteiger partial charge in [-0.25, -0.2) is 0 Å². The summed E-state index contributed by atoms with van der Waals surface area (Å²) in [5, 5.41) is 4.04. The summed E-state index contributed by atoms with van der Waals surface area (Å²) in [6.45, 7) is 8.11. The molecule has 4 heterocycles. The maximum Gasteiger partial charge on any atom is 0.293 e. The normalized spacial score (nSPS) is 14.0. The Labute approximate surface area is 187 Å². The van der Waals surface area contributed by atoms with Gasteiger partial charge >= 0.3 is 0 Å². The van der Waals surface area contributed by atoms with Crippen LogP contribution >= 0.6 is 0 Å². The molecule has 32 heavy (non-hydrogen) atoms. The monoisotopic (exact) mass is 439 g/mol. The molecule has 9 nitrogen and oxygen atoms in total. The van der Waals surface area contributed by atoms with E-state index in [1.54, 1.807) is 6.20 Å². The number of hydrogen-bond donors (Lipinski definition) is 1. The summed E-state index contributed by atoms with van der Waals surface area (Å²) in [4.78, 5) is 32.4. The standard InChI is InChI=1S/C18H19N5O2.C5H10O2/c1-22-11-15(23-9-8-19-10-17(23)24)14-5-6-16(21-18(14)22)25-12-13-4-2-3-7-20-13;1-5(2,3)7-4-6/h2-7,11,19H,8-10,12H2,1H3;4H,1-3H3. The number of hydrogen-bond acceptors (Lipinski definition) is 7. The van der Waals surface area contributed by atoms with Crippen LogP contribution in [0.4, 0.5) is 5.69 Å². The molecule has 0 aromatic carbocycles. The molecule has 0 unspecified atom stereocenters. The zero-order chi connectivity index (χ0) is 23.1. The molecule has 0 atom stereocenters. The van der Waals surface area contributed by atoms with Gasteiger partial charge in [-0.05, 0) is 39.0 Å². The van der Waals surface area contributed by atoms with Crippen LogP contribution in [0.15, 0.2) is 42.7 Å². The molecule has 1 amide bonds. The number of nitrogens with one attached hydrogen (secondary N) is 1. The first-order valence-corrected chi connectivity index (χ1v) is 10.4. The van der Waals surface area contributed by atoms with E-state index in [-0.39, 0.29) is 11.5 Å². The Balaban J connectivity index is 0.000000360. The van der Waals surface area contributed by atoms with Crippen molar-refractivity contribution in [2.75, 3.05) is 24.5 Å². The molecule has 1 N–H and O–H groups in total. The largest absolute Gasteiger partial charge is 0.471 e. The van der Waals surface area contributed by atoms with Crippen LogP contribution in [-0.4, -0.2) is 52.1 Å². The maximum absolute atomic E-state index is 12.2. The molecule has 3 aromatic heterocycles. The third-order valence-electron chi connectivity index (χ3n) is 4.65. The van der Waals surface area contributed by atoms with E-state index in [4.69, 9.17) is 4.74 Å². The van der Waals surface area contributed by atoms with Crippen LogP contribution in [-0.2, 0) is 28.0 Å². The number of carbonyl (C=O) groups excluding carboxylic acids is 2. The van der Waals surface area contributed by atoms with Gasteiger partial charge in [-0.1, -0.05) is 6.07 Å². The van der Waals surface area contributed by atoms with E-state index >= 15 is 0 Å². The summed E-state index contributed by atoms with van der Waals surface area (Å²) in [6, 6.07) is 9.50. The van der Waals surface area contributed by atoms with Crippen LogP contribution < -0.4 is 15.0 Å². The van der Waals surface area contributed by atoms with Crippen molar-refractivity contribution in [3.63, 3.8) is 0 Å². The minimum Gasteiger partial charge on any atom is -0.471 e. The number of aryl methyl sites for hydroxylation is 1. The molecule has 0 saturated carbocycles. The fraction of sp³-hybridized carbons (Fsp3) is 0.391. The first-order chi connectivity index (χ1) is 15.3. The van der Waals surface area contributed by atoms with Gasteiger partial charge in [0.15, 0.2) is 0 Å². The highest BCUT2D eigenvalue weighted by Crippen LogP contribution is 2.29. The van der Waals surface area contributed by atoms with Gasteiger partial charge in [-0.15, -0.1) is 0 Å². The molecule has 1 aliphatic rings. The smallest absolute Gasteiger partial charge is 0.293 e. The number of nitrogens with zero attached hydrogens (tertiary/aromatic N) is 4. The Hall–Kier alpha value is -3.46. The molecule has 0 radical (unpaired) electrons. The van der Waals surface area contributed by atoms with E-state index in [0.29, 0.717) is 32.0 Å². The van der Waals surface area contributed by atoms with Gasteiger partial charge in [-0.2, -0.15) is 4.98 Å². The maximum atomic E-state index is 12.2. The first-order valence-electron chi connectivity index (χ1n) is 10.4. The SMILES string of the molecule is CC(C)(C)OC=O.Cn1cc(N2CCNCC2=O)c2ccc(OCc3ccccn3)nc21. The van der Waals surface area contributed by atoms with E-state index < -0.39 is 0 Å². The lowest BCUT2D eigenvalue weighted by atomic mass is 10.2. The van der Waals surface area contributed by atoms with E-state index in [9.17, 15) is 9.59 Å². The average Bonchev–Trinajstić information content (AvgIpc) is 3.09. The van der Waals surface area contributed by atoms with Crippen molar-refractivity contribution >= 4 is 29.1 Å². The summed E-state index contributed by atoms with van der Waals surface area (Å²) in [5.41, 5.74) is 2.22. The van der Waals surface area contributed by atoms with E-state index in [1.165, 1.54) is 0 Å². The van der Waals surface area contributed by atoms with Gasteiger partial charge < -0.3 is 24.3 Å². The summed E-state index contributed by atoms with van der Waals surface area (Å²) in [5.74, 6) is 0.617. The minimum atomic E-state index is -0.318. The molecule has 0 bridgehead atoms. The number of anilines is 1. The molecular formula is C23H29N5O4. The highest BCUT2D eigenvalue weighted by atomic mass is 16.5. The van der Waals surface area contributed by atoms with Crippen LogP contribution in [0.5, 0.6) is 5.88 Å². The van der Waals surface area contributed by atoms with Gasteiger partial charge in [-0.3, -0.25) is 14.6 Å². The number of pyridine rings is 2. The summed E-state index contributed by atoms with van der Waals surface area (Å²) < 4.78 is 12.2. The minimum absolute atomic E-state index is 0.0780. The van der Waals surface area contributed by atoms with Crippen LogP contribution in [0.1, 0.15) is 26.5 Å². The van der Waals surface area contributed by atoms with E-state index in [0.717, 1.165) is 29.0 Å². The number of ether oxygens (including phenoxy) is 2. The van der Waals surface area contributed by atoms with E-state index in [1.807, 2.05) is 73.8 Å². The number of piperazine rings is 1. The fourth-order valence-electron chi connectivity index (χ4n) is 3.15. The Bertz CT molecular complexity index is 1060. The Morgan fingerprint density at radius 2 is 2.03 bits per heavy atom. The second-order valence-electron chi connectivity index (χ2n) is 8.30. The third kappa shape index (κ3) is 6.04. The van der Waals surface area contributed by atoms with Crippen molar-refractivity contribution in [2.24, 2.45) is 7.05 Å². The molecule has 0 aliphatic carbocycles. The molecular weight excluding hydrogens is 410 g/mol. The first kappa shape index (κ1) is 23.2. The predicted molar refractivity (Wildman–Crippen MR) is 121 cm³/mol. The zero-order valence-corrected chi connectivity index (χ0v) is 18.9. The van der Waals surface area contributed by atoms with Crippen LogP contribution in [0.25, 0.3) is 11.0 Å². The number of aromatic nitrogens is 3. The number of amides is 1. The van der Waals surface area contributed by atoms with Gasteiger partial charge in [0.05, 0.1) is 17.9 Å². The molecule has 0 spiro atoms. The molecule has 9 heteroatoms. The topological polar surface area (TPSA) is 98.6 Å². The van der Waals surface area contributed by atoms with Crippen molar-refractivity contribution < 1.29 is 19.1 Å². The number of rotatable bonds is 5. The quantitative estimate of drug-likeness (QED) is 0.610. The molecule has 1 aliphatic heterocycles. The fourth-order valence-corrected chi connectivity index (χ4v) is 3.15. The Morgan fingerprint density at radius 3 is 2.66 bits per heavy atom. The van der Waals surface area contributed by atoms with Crippen molar-refractivity contribution in [1.29, 1.82) is 0 Å². The van der Waals surface area contributed by atoms with Crippen LogP contribution in [0.3, 0.4) is 0 Å². The summed E-state index contributed by atoms with van der Waals surface area (Å²) in [7, 11) is 1.92. The highest BCUT2D eigenvalue weighted by Gasteiger charge is 2.23. The summed E-state index contributed by atoms with van der Waals surface area (Å²) >= 11 is 0. The molecule has 1 saturated heterocycles. The molecule has 4 rings (SSSR count). The van der Waals surface area contributed by atoms with Gasteiger partial charge in [0.25, 0.3) is 6.47 Å². The van der Waals surface area contributed by atoms with Crippen LogP contribution in [0, 0.1) is 0 Å². The predicted octanol–water partition coefficient (Wildman–Crippen LogP) is 2.44. The van der Waals surface area contributed by atoms with Crippen molar-refractivity contribution in [2.45, 2.75) is 33.0 Å². The number of fused-ring (bicyclic) bond motifs is 1. The Morgan fingerprint density at radius 1 is 1.22 bits per heavy atom. The molecule has 3 aromatic rings. The second kappa shape index (κ2) is 10.2. The van der Waals surface area contributed by atoms with Crippen molar-refractivity contribution in [3.05, 3.63) is 48.4 Å². The van der Waals surface area contributed by atoms with Crippen molar-refractivity contribution in [3.8, 4) is 5.88 Å². The number of carbonyl (C=O) groups is 2. The average molecular weight is 440 g/mol. The van der Waals surface area contributed by atoms with Gasteiger partial charge in [0.1, 0.15) is 17.9 Å². The lowest BCUT2D eigenvalue weighted by molar-refractivity contribution is -0.138. The second-order valence-corrected chi connectivity index (χ2v) is 8.30. The Kier molecular flexibility index (Phi) is 7.42. The lowest BCUT2D eigenvalue weighted by Crippen LogP contribution is -2.48. The molecule has 170 valence electrons. The van der Waals surface area contributed by atoms with Crippen LogP contribution in [0.2, 0.25) is 0 Å². The van der Waals surface area contributed by atoms with Crippen molar-refractivity contribution in [1.82, 2.24) is 19.9 Å². The summed E-state index contributed by atoms with van der Waals surface area (Å²) in [6.07, 6.45) is 3.69. The highest BCUT2D eigenvalue weighted by molar-refractivity contribution is 6.03. The zero-order valence-electron chi connectivity index (χ0n) is 18.9. The van der Waals surface area contributed by atoms with Gasteiger partial charge in [0.2, 0.25) is 11.8 Å².